The molecule has 6 nitrogen and oxygen atoms in total. The Kier molecular flexibility index (Phi) is 3.47. The topological polar surface area (TPSA) is 66.9 Å². The number of carbonyl (C=O) groups excluding carboxylic acids is 1. The van der Waals surface area contributed by atoms with Crippen molar-refractivity contribution in [3.8, 4) is 0 Å². The molecule has 0 bridgehead atoms. The lowest BCUT2D eigenvalue weighted by atomic mass is 11.1. The van der Waals surface area contributed by atoms with E-state index in [1.54, 1.807) is 0 Å². The number of ether oxygens (including phenoxy) is 1. The van der Waals surface area contributed by atoms with Gasteiger partial charge in [0.2, 0.25) is 0 Å². The van der Waals surface area contributed by atoms with Crippen LogP contribution in [0.4, 0.5) is 4.79 Å². The largest absolute Gasteiger partial charge is 0.452 e. The Labute approximate surface area is 71.9 Å². The van der Waals surface area contributed by atoms with Crippen molar-refractivity contribution in [1.29, 1.82) is 0 Å². The van der Waals surface area contributed by atoms with E-state index in [9.17, 15) is 13.2 Å². The molecule has 0 aromatic rings. The van der Waals surface area contributed by atoms with Gasteiger partial charge in [0, 0.05) is 21.1 Å². The summed E-state index contributed by atoms with van der Waals surface area (Å²) in [5.74, 6) is 0. The van der Waals surface area contributed by atoms with Gasteiger partial charge in [0.1, 0.15) is 0 Å². The van der Waals surface area contributed by atoms with Gasteiger partial charge in [-0.25, -0.2) is 4.79 Å². The Morgan fingerprint density at radius 3 is 1.92 bits per heavy atom. The molecule has 0 aliphatic rings. The fourth-order valence-electron chi connectivity index (χ4n) is 0.468. The van der Waals surface area contributed by atoms with Gasteiger partial charge < -0.3 is 4.74 Å². The summed E-state index contributed by atoms with van der Waals surface area (Å²) in [5.41, 5.74) is 0. The number of hydrogen-bond donors (Lipinski definition) is 0. The highest BCUT2D eigenvalue weighted by Gasteiger charge is 2.25. The maximum absolute atomic E-state index is 11.2. The molecule has 0 unspecified atom stereocenters. The summed E-state index contributed by atoms with van der Waals surface area (Å²) in [7, 11) is 1.20. The monoisotopic (exact) mass is 196 g/mol. The number of nitrogens with zero attached hydrogens (tertiary/aromatic N) is 2. The van der Waals surface area contributed by atoms with Gasteiger partial charge >= 0.3 is 16.3 Å². The highest BCUT2D eigenvalue weighted by molar-refractivity contribution is 7.87. The average molecular weight is 196 g/mol. The minimum Gasteiger partial charge on any atom is -0.452 e. The van der Waals surface area contributed by atoms with Crippen LogP contribution in [-0.2, 0) is 14.9 Å². The van der Waals surface area contributed by atoms with Crippen LogP contribution in [0.5, 0.6) is 0 Å². The van der Waals surface area contributed by atoms with E-state index in [4.69, 9.17) is 0 Å². The van der Waals surface area contributed by atoms with E-state index in [1.165, 1.54) is 14.1 Å². The Morgan fingerprint density at radius 1 is 1.25 bits per heavy atom. The minimum atomic E-state index is -3.70. The summed E-state index contributed by atoms with van der Waals surface area (Å²) in [5, 5.41) is 0. The molecule has 0 aromatic carbocycles. The van der Waals surface area contributed by atoms with Crippen molar-refractivity contribution in [3.05, 3.63) is 0 Å². The molecule has 12 heavy (non-hydrogen) atoms. The van der Waals surface area contributed by atoms with Gasteiger partial charge in [-0.1, -0.05) is 0 Å². The second-order valence-electron chi connectivity index (χ2n) is 2.23. The molecule has 0 radical (unpaired) electrons. The number of methoxy groups -OCH3 is 1. The first-order valence-electron chi connectivity index (χ1n) is 3.08. The van der Waals surface area contributed by atoms with Crippen LogP contribution in [0, 0.1) is 0 Å². The third kappa shape index (κ3) is 2.08. The first kappa shape index (κ1) is 11.2. The Hall–Kier alpha value is -0.820. The van der Waals surface area contributed by atoms with Crippen LogP contribution in [-0.4, -0.2) is 51.4 Å². The summed E-state index contributed by atoms with van der Waals surface area (Å²) >= 11 is 0. The van der Waals surface area contributed by atoms with Crippen LogP contribution in [0.2, 0.25) is 0 Å². The van der Waals surface area contributed by atoms with Gasteiger partial charge in [-0.15, -0.1) is 0 Å². The standard InChI is InChI=1S/C5H12N2O4S/c1-6(2)12(9,10)7(3)5(8)11-4/h1-4H3. The molecule has 0 atom stereocenters. The van der Waals surface area contributed by atoms with Crippen LogP contribution in [0.3, 0.4) is 0 Å². The van der Waals surface area contributed by atoms with E-state index < -0.39 is 16.3 Å². The maximum Gasteiger partial charge on any atom is 0.424 e. The SMILES string of the molecule is COC(=O)N(C)S(=O)(=O)N(C)C. The highest BCUT2D eigenvalue weighted by Crippen LogP contribution is 2.02. The van der Waals surface area contributed by atoms with Gasteiger partial charge in [-0.3, -0.25) is 0 Å². The Balaban J connectivity index is 4.70. The molecule has 0 aliphatic heterocycles. The van der Waals surface area contributed by atoms with Crippen molar-refractivity contribution in [3.63, 3.8) is 0 Å². The van der Waals surface area contributed by atoms with Crippen molar-refractivity contribution in [1.82, 2.24) is 8.61 Å². The molecule has 0 aliphatic carbocycles. The first-order chi connectivity index (χ1) is 5.34. The quantitative estimate of drug-likeness (QED) is 0.596. The van der Waals surface area contributed by atoms with Crippen LogP contribution in [0.25, 0.3) is 0 Å². The van der Waals surface area contributed by atoms with Crippen LogP contribution in [0.15, 0.2) is 0 Å². The zero-order valence-electron chi connectivity index (χ0n) is 7.44. The van der Waals surface area contributed by atoms with E-state index in [0.29, 0.717) is 4.31 Å². The summed E-state index contributed by atoms with van der Waals surface area (Å²) in [6.07, 6.45) is -0.913. The molecule has 0 saturated carbocycles. The van der Waals surface area contributed by atoms with E-state index in [0.717, 1.165) is 18.5 Å². The molecule has 0 heterocycles. The number of hydrogen-bond acceptors (Lipinski definition) is 4. The molecule has 1 amide bonds. The van der Waals surface area contributed by atoms with Crippen molar-refractivity contribution < 1.29 is 17.9 Å². The van der Waals surface area contributed by atoms with E-state index in [1.807, 2.05) is 0 Å². The van der Waals surface area contributed by atoms with Crippen LogP contribution >= 0.6 is 0 Å². The first-order valence-corrected chi connectivity index (χ1v) is 4.48. The molecule has 0 aromatic heterocycles. The number of rotatable bonds is 2. The second kappa shape index (κ2) is 3.72. The van der Waals surface area contributed by atoms with Crippen LogP contribution in [0.1, 0.15) is 0 Å². The maximum atomic E-state index is 11.2. The van der Waals surface area contributed by atoms with Gasteiger partial charge in [-0.2, -0.15) is 17.0 Å². The lowest BCUT2D eigenvalue weighted by molar-refractivity contribution is 0.153. The molecule has 0 spiro atoms. The van der Waals surface area contributed by atoms with Gasteiger partial charge in [0.25, 0.3) is 0 Å². The molecule has 0 N–H and O–H groups in total. The summed E-state index contributed by atoms with van der Waals surface area (Å²) in [4.78, 5) is 10.8. The highest BCUT2D eigenvalue weighted by atomic mass is 32.2. The lowest BCUT2D eigenvalue weighted by Crippen LogP contribution is -2.40. The van der Waals surface area contributed by atoms with E-state index >= 15 is 0 Å². The Bertz CT molecular complexity index is 259. The van der Waals surface area contributed by atoms with Crippen LogP contribution < -0.4 is 0 Å². The molecule has 0 rings (SSSR count). The number of carbonyl (C=O) groups is 1. The summed E-state index contributed by atoms with van der Waals surface area (Å²) < 4.78 is 28.0. The normalized spacial score (nSPS) is 11.4. The third-order valence-electron chi connectivity index (χ3n) is 1.24. The zero-order valence-corrected chi connectivity index (χ0v) is 8.25. The van der Waals surface area contributed by atoms with Gasteiger partial charge in [-0.05, 0) is 0 Å². The second-order valence-corrected chi connectivity index (χ2v) is 4.40. The smallest absolute Gasteiger partial charge is 0.424 e. The fourth-order valence-corrected chi connectivity index (χ4v) is 1.22. The van der Waals surface area contributed by atoms with Gasteiger partial charge in [0.15, 0.2) is 0 Å². The fraction of sp³-hybridized carbons (Fsp3) is 0.800. The zero-order chi connectivity index (χ0) is 9.94. The van der Waals surface area contributed by atoms with E-state index in [-0.39, 0.29) is 0 Å². The molecule has 7 heteroatoms. The molecule has 0 saturated heterocycles. The third-order valence-corrected chi connectivity index (χ3v) is 3.00. The minimum absolute atomic E-state index is 0.521. The summed E-state index contributed by atoms with van der Waals surface area (Å²) in [6, 6.07) is 0. The average Bonchev–Trinajstić information content (AvgIpc) is 2.01. The van der Waals surface area contributed by atoms with Crippen molar-refractivity contribution >= 4 is 16.3 Å². The van der Waals surface area contributed by atoms with E-state index in [2.05, 4.69) is 4.74 Å². The molecular weight excluding hydrogens is 184 g/mol. The number of amides is 1. The predicted octanol–water partition coefficient (Wildman–Crippen LogP) is -0.509. The molecule has 72 valence electrons. The Morgan fingerprint density at radius 2 is 1.67 bits per heavy atom. The lowest BCUT2D eigenvalue weighted by Gasteiger charge is -2.19. The van der Waals surface area contributed by atoms with Crippen molar-refractivity contribution in [2.45, 2.75) is 0 Å². The predicted molar refractivity (Wildman–Crippen MR) is 42.8 cm³/mol. The molecule has 0 fully saturated rings. The van der Waals surface area contributed by atoms with Gasteiger partial charge in [0.05, 0.1) is 7.11 Å². The van der Waals surface area contributed by atoms with Crippen molar-refractivity contribution in [2.24, 2.45) is 0 Å². The molecular formula is C5H12N2O4S. The summed E-state index contributed by atoms with van der Waals surface area (Å²) in [6.45, 7) is 0. The van der Waals surface area contributed by atoms with Crippen molar-refractivity contribution in [2.75, 3.05) is 28.3 Å².